The van der Waals surface area contributed by atoms with E-state index in [2.05, 4.69) is 5.32 Å². The lowest BCUT2D eigenvalue weighted by Gasteiger charge is -2.36. The highest BCUT2D eigenvalue weighted by Gasteiger charge is 2.38. The topological polar surface area (TPSA) is 32.3 Å². The van der Waals surface area contributed by atoms with Crippen LogP contribution in [0.5, 0.6) is 0 Å². The Kier molecular flexibility index (Phi) is 7.76. The molecule has 3 aromatic rings. The Bertz CT molecular complexity index is 922. The van der Waals surface area contributed by atoms with Gasteiger partial charge in [-0.05, 0) is 42.1 Å². The monoisotopic (exact) mass is 447 g/mol. The lowest BCUT2D eigenvalue weighted by molar-refractivity contribution is -0.137. The van der Waals surface area contributed by atoms with E-state index >= 15 is 0 Å². The predicted octanol–water partition coefficient (Wildman–Crippen LogP) is 5.86. The van der Waals surface area contributed by atoms with Crippen molar-refractivity contribution < 1.29 is 18.3 Å². The standard InChI is InChI=1S/C25H25ClF3NO/c26-23-19(9-7-14-22(23)25(27,28)29)17-24(18-30-15-8-16-31,20-10-3-1-4-11-20)21-12-5-2-6-13-21/h1-7,9-14,30-31H,8,15-18H2. The van der Waals surface area contributed by atoms with E-state index in [1.807, 2.05) is 60.7 Å². The molecule has 0 atom stereocenters. The molecule has 0 aliphatic rings. The molecule has 164 valence electrons. The number of hydrogen-bond acceptors (Lipinski definition) is 2. The SMILES string of the molecule is OCCCNCC(Cc1cccc(C(F)(F)F)c1Cl)(c1ccccc1)c1ccccc1. The summed E-state index contributed by atoms with van der Waals surface area (Å²) in [5, 5.41) is 12.3. The largest absolute Gasteiger partial charge is 0.417 e. The molecule has 6 heteroatoms. The van der Waals surface area contributed by atoms with Crippen LogP contribution in [0.15, 0.2) is 78.9 Å². The van der Waals surface area contributed by atoms with E-state index in [4.69, 9.17) is 16.7 Å². The molecule has 0 fully saturated rings. The van der Waals surface area contributed by atoms with Gasteiger partial charge < -0.3 is 10.4 Å². The second-order valence-electron chi connectivity index (χ2n) is 7.52. The molecule has 3 aromatic carbocycles. The minimum Gasteiger partial charge on any atom is -0.396 e. The highest BCUT2D eigenvalue weighted by molar-refractivity contribution is 6.32. The van der Waals surface area contributed by atoms with Crippen LogP contribution in [-0.4, -0.2) is 24.8 Å². The second kappa shape index (κ2) is 10.3. The van der Waals surface area contributed by atoms with Crippen molar-refractivity contribution in [1.82, 2.24) is 5.32 Å². The molecule has 0 aliphatic carbocycles. The molecular formula is C25H25ClF3NO. The van der Waals surface area contributed by atoms with Gasteiger partial charge in [-0.2, -0.15) is 13.2 Å². The Balaban J connectivity index is 2.13. The molecule has 2 N–H and O–H groups in total. The summed E-state index contributed by atoms with van der Waals surface area (Å²) in [5.74, 6) is 0. The fourth-order valence-electron chi connectivity index (χ4n) is 3.92. The van der Waals surface area contributed by atoms with Gasteiger partial charge in [-0.1, -0.05) is 84.4 Å². The fraction of sp³-hybridized carbons (Fsp3) is 0.280. The number of rotatable bonds is 9. The van der Waals surface area contributed by atoms with Crippen molar-refractivity contribution in [1.29, 1.82) is 0 Å². The van der Waals surface area contributed by atoms with Crippen molar-refractivity contribution in [3.05, 3.63) is 106 Å². The Morgan fingerprint density at radius 2 is 1.39 bits per heavy atom. The second-order valence-corrected chi connectivity index (χ2v) is 7.90. The normalized spacial score (nSPS) is 12.2. The Morgan fingerprint density at radius 3 is 1.90 bits per heavy atom. The van der Waals surface area contributed by atoms with Crippen molar-refractivity contribution >= 4 is 11.6 Å². The number of aliphatic hydroxyl groups is 1. The first-order valence-corrected chi connectivity index (χ1v) is 10.5. The van der Waals surface area contributed by atoms with E-state index in [1.54, 1.807) is 6.07 Å². The van der Waals surface area contributed by atoms with E-state index in [-0.39, 0.29) is 18.1 Å². The maximum Gasteiger partial charge on any atom is 0.417 e. The van der Waals surface area contributed by atoms with Crippen LogP contribution in [0.25, 0.3) is 0 Å². The quantitative estimate of drug-likeness (QED) is 0.403. The third-order valence-electron chi connectivity index (χ3n) is 5.47. The maximum absolute atomic E-state index is 13.5. The van der Waals surface area contributed by atoms with Crippen molar-refractivity contribution in [3.63, 3.8) is 0 Å². The van der Waals surface area contributed by atoms with Crippen LogP contribution in [-0.2, 0) is 18.0 Å². The lowest BCUT2D eigenvalue weighted by Crippen LogP contribution is -2.42. The number of benzene rings is 3. The van der Waals surface area contributed by atoms with Gasteiger partial charge in [0.15, 0.2) is 0 Å². The first kappa shape index (κ1) is 23.3. The molecule has 0 heterocycles. The Labute approximate surface area is 185 Å². The van der Waals surface area contributed by atoms with Gasteiger partial charge in [-0.25, -0.2) is 0 Å². The minimum absolute atomic E-state index is 0.0656. The average molecular weight is 448 g/mol. The van der Waals surface area contributed by atoms with Crippen LogP contribution in [0, 0.1) is 0 Å². The summed E-state index contributed by atoms with van der Waals surface area (Å²) in [7, 11) is 0. The highest BCUT2D eigenvalue weighted by Crippen LogP contribution is 2.41. The predicted molar refractivity (Wildman–Crippen MR) is 118 cm³/mol. The van der Waals surface area contributed by atoms with E-state index < -0.39 is 17.2 Å². The number of hydrogen-bond donors (Lipinski definition) is 2. The summed E-state index contributed by atoms with van der Waals surface area (Å²) in [6.07, 6.45) is -3.64. The van der Waals surface area contributed by atoms with Crippen LogP contribution in [0.1, 0.15) is 28.7 Å². The number of nitrogens with one attached hydrogen (secondary N) is 1. The molecule has 0 aliphatic heterocycles. The van der Waals surface area contributed by atoms with E-state index in [0.29, 0.717) is 25.1 Å². The summed E-state index contributed by atoms with van der Waals surface area (Å²) in [6, 6.07) is 23.6. The lowest BCUT2D eigenvalue weighted by atomic mass is 9.70. The molecule has 0 amide bonds. The van der Waals surface area contributed by atoms with Gasteiger partial charge >= 0.3 is 6.18 Å². The van der Waals surface area contributed by atoms with E-state index in [0.717, 1.165) is 17.2 Å². The molecule has 0 aromatic heterocycles. The van der Waals surface area contributed by atoms with Crippen LogP contribution in [0.4, 0.5) is 13.2 Å². The van der Waals surface area contributed by atoms with Crippen LogP contribution in [0.3, 0.4) is 0 Å². The Morgan fingerprint density at radius 1 is 0.806 bits per heavy atom. The van der Waals surface area contributed by atoms with Gasteiger partial charge in [0.2, 0.25) is 0 Å². The molecule has 2 nitrogen and oxygen atoms in total. The van der Waals surface area contributed by atoms with Crippen molar-refractivity contribution in [2.45, 2.75) is 24.4 Å². The zero-order valence-electron chi connectivity index (χ0n) is 17.0. The summed E-state index contributed by atoms with van der Waals surface area (Å²) in [4.78, 5) is 0. The van der Waals surface area contributed by atoms with Gasteiger partial charge in [-0.15, -0.1) is 0 Å². The molecule has 3 rings (SSSR count). The first-order chi connectivity index (χ1) is 14.9. The summed E-state index contributed by atoms with van der Waals surface area (Å²) in [6.45, 7) is 1.14. The van der Waals surface area contributed by atoms with E-state index in [1.165, 1.54) is 6.07 Å². The number of alkyl halides is 3. The smallest absolute Gasteiger partial charge is 0.396 e. The van der Waals surface area contributed by atoms with Crippen molar-refractivity contribution in [3.8, 4) is 0 Å². The Hall–Kier alpha value is -2.34. The highest BCUT2D eigenvalue weighted by atomic mass is 35.5. The van der Waals surface area contributed by atoms with E-state index in [9.17, 15) is 13.2 Å². The molecule has 0 unspecified atom stereocenters. The molecule has 0 spiro atoms. The zero-order chi connectivity index (χ0) is 22.3. The van der Waals surface area contributed by atoms with Crippen molar-refractivity contribution in [2.24, 2.45) is 0 Å². The summed E-state index contributed by atoms with van der Waals surface area (Å²) >= 11 is 6.28. The van der Waals surface area contributed by atoms with Gasteiger partial charge in [0.05, 0.1) is 10.6 Å². The average Bonchev–Trinajstić information content (AvgIpc) is 2.77. The molecule has 0 radical (unpaired) electrons. The van der Waals surface area contributed by atoms with Gasteiger partial charge in [0.25, 0.3) is 0 Å². The van der Waals surface area contributed by atoms with Crippen LogP contribution >= 0.6 is 11.6 Å². The number of halogens is 4. The van der Waals surface area contributed by atoms with Crippen LogP contribution in [0.2, 0.25) is 5.02 Å². The zero-order valence-corrected chi connectivity index (χ0v) is 17.8. The molecule has 31 heavy (non-hydrogen) atoms. The van der Waals surface area contributed by atoms with Gasteiger partial charge in [0, 0.05) is 18.6 Å². The minimum atomic E-state index is -4.52. The van der Waals surface area contributed by atoms with Crippen molar-refractivity contribution in [2.75, 3.05) is 19.7 Å². The maximum atomic E-state index is 13.5. The summed E-state index contributed by atoms with van der Waals surface area (Å²) in [5.41, 5.74) is 0.923. The molecule has 0 saturated heterocycles. The summed E-state index contributed by atoms with van der Waals surface area (Å²) < 4.78 is 40.4. The molecular weight excluding hydrogens is 423 g/mol. The number of aliphatic hydroxyl groups excluding tert-OH is 1. The van der Waals surface area contributed by atoms with Gasteiger partial charge in [0.1, 0.15) is 0 Å². The van der Waals surface area contributed by atoms with Crippen LogP contribution < -0.4 is 5.32 Å². The van der Waals surface area contributed by atoms with Gasteiger partial charge in [-0.3, -0.25) is 0 Å². The fourth-order valence-corrected chi connectivity index (χ4v) is 4.22. The first-order valence-electron chi connectivity index (χ1n) is 10.2. The third kappa shape index (κ3) is 5.48. The third-order valence-corrected chi connectivity index (χ3v) is 5.91. The molecule has 0 bridgehead atoms. The molecule has 0 saturated carbocycles.